The summed E-state index contributed by atoms with van der Waals surface area (Å²) in [5.74, 6) is 0.659. The number of rotatable bonds is 7. The normalized spacial score (nSPS) is 14.8. The Labute approximate surface area is 124 Å². The third-order valence-corrected chi connectivity index (χ3v) is 7.86. The van der Waals surface area contributed by atoms with Gasteiger partial charge in [0.2, 0.25) is 0 Å². The molecule has 20 heavy (non-hydrogen) atoms. The zero-order valence-corrected chi connectivity index (χ0v) is 13.4. The van der Waals surface area contributed by atoms with Crippen molar-refractivity contribution >= 4 is 24.9 Å². The summed E-state index contributed by atoms with van der Waals surface area (Å²) in [6.07, 6.45) is -1.19. The van der Waals surface area contributed by atoms with E-state index in [2.05, 4.69) is 13.1 Å². The number of benzene rings is 1. The second-order valence-corrected chi connectivity index (χ2v) is 9.89. The van der Waals surface area contributed by atoms with Crippen LogP contribution in [0.2, 0.25) is 12.6 Å². The van der Waals surface area contributed by atoms with Gasteiger partial charge < -0.3 is 0 Å². The van der Waals surface area contributed by atoms with Crippen LogP contribution >= 0.6 is 11.6 Å². The molecule has 0 radical (unpaired) electrons. The Morgan fingerprint density at radius 1 is 1.15 bits per heavy atom. The van der Waals surface area contributed by atoms with Crippen LogP contribution in [0.15, 0.2) is 36.5 Å². The molecule has 0 saturated heterocycles. The van der Waals surface area contributed by atoms with E-state index in [1.807, 2.05) is 5.70 Å². The molecule has 0 nitrogen and oxygen atoms in total. The minimum absolute atomic E-state index is 0.594. The molecule has 0 bridgehead atoms. The van der Waals surface area contributed by atoms with Crippen LogP contribution < -0.4 is 5.19 Å². The second-order valence-electron chi connectivity index (χ2n) is 5.20. The molecule has 1 rings (SSSR count). The van der Waals surface area contributed by atoms with Crippen LogP contribution in [0.5, 0.6) is 0 Å². The molecule has 1 unspecified atom stereocenters. The molecule has 0 spiro atoms. The first-order valence-electron chi connectivity index (χ1n) is 6.71. The third-order valence-electron chi connectivity index (χ3n) is 3.65. The van der Waals surface area contributed by atoms with Crippen molar-refractivity contribution in [3.05, 3.63) is 42.1 Å². The van der Waals surface area contributed by atoms with Gasteiger partial charge in [-0.1, -0.05) is 60.6 Å². The fourth-order valence-corrected chi connectivity index (χ4v) is 5.00. The standard InChI is InChI=1S/C15H20ClF3Si/c1-3-20(2,12-6-4-5-11-16)14-9-7-13(8-10-14)15(17,18)19/h3,7-10H,1,4-6,11-12H2,2H3. The summed E-state index contributed by atoms with van der Waals surface area (Å²) >= 11 is 5.65. The second kappa shape index (κ2) is 7.32. The molecule has 0 aliphatic rings. The molecule has 112 valence electrons. The summed E-state index contributed by atoms with van der Waals surface area (Å²) in [5, 5.41) is 1.01. The SMILES string of the molecule is C=C[Si](C)(CCCCCCl)c1ccc(C(F)(F)F)cc1. The van der Waals surface area contributed by atoms with Gasteiger partial charge >= 0.3 is 6.18 Å². The first-order valence-corrected chi connectivity index (χ1v) is 10.0. The maximum atomic E-state index is 12.6. The van der Waals surface area contributed by atoms with E-state index in [1.165, 1.54) is 12.1 Å². The van der Waals surface area contributed by atoms with E-state index < -0.39 is 19.8 Å². The largest absolute Gasteiger partial charge is 0.416 e. The van der Waals surface area contributed by atoms with E-state index in [0.29, 0.717) is 5.88 Å². The van der Waals surface area contributed by atoms with Crippen molar-refractivity contribution in [1.29, 1.82) is 0 Å². The van der Waals surface area contributed by atoms with E-state index in [0.717, 1.165) is 30.5 Å². The average Bonchev–Trinajstić information content (AvgIpc) is 2.42. The summed E-state index contributed by atoms with van der Waals surface area (Å²) < 4.78 is 37.7. The monoisotopic (exact) mass is 320 g/mol. The van der Waals surface area contributed by atoms with Crippen molar-refractivity contribution in [2.75, 3.05) is 5.88 Å². The smallest absolute Gasteiger partial charge is 0.166 e. The Morgan fingerprint density at radius 2 is 1.75 bits per heavy atom. The number of alkyl halides is 4. The first-order chi connectivity index (χ1) is 9.33. The molecule has 0 aromatic heterocycles. The molecule has 0 aliphatic carbocycles. The quantitative estimate of drug-likeness (QED) is 0.371. The fraction of sp³-hybridized carbons (Fsp3) is 0.467. The highest BCUT2D eigenvalue weighted by Gasteiger charge is 2.31. The Morgan fingerprint density at radius 3 is 2.20 bits per heavy atom. The minimum Gasteiger partial charge on any atom is -0.166 e. The van der Waals surface area contributed by atoms with Crippen LogP contribution in [0, 0.1) is 0 Å². The van der Waals surface area contributed by atoms with Gasteiger partial charge in [0, 0.05) is 5.88 Å². The summed E-state index contributed by atoms with van der Waals surface area (Å²) in [5.41, 5.74) is 1.36. The van der Waals surface area contributed by atoms with E-state index in [4.69, 9.17) is 11.6 Å². The number of hydrogen-bond acceptors (Lipinski definition) is 0. The van der Waals surface area contributed by atoms with Crippen molar-refractivity contribution in [1.82, 2.24) is 0 Å². The fourth-order valence-electron chi connectivity index (χ4n) is 2.17. The van der Waals surface area contributed by atoms with Crippen molar-refractivity contribution in [2.24, 2.45) is 0 Å². The third kappa shape index (κ3) is 4.67. The van der Waals surface area contributed by atoms with Gasteiger partial charge in [0.05, 0.1) is 5.56 Å². The van der Waals surface area contributed by atoms with E-state index in [-0.39, 0.29) is 0 Å². The summed E-state index contributed by atoms with van der Waals surface area (Å²) in [7, 11) is -1.88. The van der Waals surface area contributed by atoms with Crippen LogP contribution in [-0.4, -0.2) is 14.0 Å². The molecule has 0 N–H and O–H groups in total. The molecule has 0 heterocycles. The number of unbranched alkanes of at least 4 members (excludes halogenated alkanes) is 2. The van der Waals surface area contributed by atoms with Crippen LogP contribution in [-0.2, 0) is 6.18 Å². The molecule has 1 aromatic carbocycles. The zero-order chi connectivity index (χ0) is 15.2. The minimum atomic E-state index is -4.27. The Balaban J connectivity index is 2.81. The lowest BCUT2D eigenvalue weighted by atomic mass is 10.2. The van der Waals surface area contributed by atoms with Gasteiger partial charge in [-0.2, -0.15) is 13.2 Å². The molecular formula is C15H20ClF3Si. The Hall–Kier alpha value is -0.743. The van der Waals surface area contributed by atoms with Gasteiger partial charge in [0.15, 0.2) is 0 Å². The molecule has 1 aromatic rings. The number of hydrogen-bond donors (Lipinski definition) is 0. The molecule has 0 amide bonds. The van der Waals surface area contributed by atoms with Crippen LogP contribution in [0.4, 0.5) is 13.2 Å². The zero-order valence-electron chi connectivity index (χ0n) is 11.6. The van der Waals surface area contributed by atoms with Crippen molar-refractivity contribution in [2.45, 2.75) is 38.0 Å². The van der Waals surface area contributed by atoms with Gasteiger partial charge in [-0.15, -0.1) is 18.2 Å². The van der Waals surface area contributed by atoms with Crippen LogP contribution in [0.25, 0.3) is 0 Å². The lowest BCUT2D eigenvalue weighted by Crippen LogP contribution is -2.42. The predicted octanol–water partition coefficient (Wildman–Crippen LogP) is 5.13. The van der Waals surface area contributed by atoms with E-state index in [1.54, 1.807) is 12.1 Å². The first kappa shape index (κ1) is 17.3. The maximum Gasteiger partial charge on any atom is 0.416 e. The lowest BCUT2D eigenvalue weighted by Gasteiger charge is -2.24. The van der Waals surface area contributed by atoms with Crippen LogP contribution in [0.3, 0.4) is 0 Å². The van der Waals surface area contributed by atoms with Crippen LogP contribution in [0.1, 0.15) is 24.8 Å². The highest BCUT2D eigenvalue weighted by Crippen LogP contribution is 2.29. The highest BCUT2D eigenvalue weighted by molar-refractivity contribution is 6.94. The van der Waals surface area contributed by atoms with Gasteiger partial charge in [0.1, 0.15) is 8.07 Å². The average molecular weight is 321 g/mol. The maximum absolute atomic E-state index is 12.6. The van der Waals surface area contributed by atoms with Gasteiger partial charge in [-0.25, -0.2) is 0 Å². The molecule has 5 heteroatoms. The Bertz CT molecular complexity index is 428. The highest BCUT2D eigenvalue weighted by atomic mass is 35.5. The molecule has 0 aliphatic heterocycles. The van der Waals surface area contributed by atoms with E-state index in [9.17, 15) is 13.2 Å². The van der Waals surface area contributed by atoms with Crippen molar-refractivity contribution in [3.8, 4) is 0 Å². The summed E-state index contributed by atoms with van der Waals surface area (Å²) in [4.78, 5) is 0. The van der Waals surface area contributed by atoms with Gasteiger partial charge in [-0.05, 0) is 6.42 Å². The predicted molar refractivity (Wildman–Crippen MR) is 82.3 cm³/mol. The topological polar surface area (TPSA) is 0 Å². The molecule has 1 atom stereocenters. The molecular weight excluding hydrogens is 301 g/mol. The van der Waals surface area contributed by atoms with Gasteiger partial charge in [0.25, 0.3) is 0 Å². The van der Waals surface area contributed by atoms with Crippen molar-refractivity contribution in [3.63, 3.8) is 0 Å². The number of halogens is 4. The van der Waals surface area contributed by atoms with E-state index >= 15 is 0 Å². The molecule has 0 fully saturated rings. The molecule has 0 saturated carbocycles. The van der Waals surface area contributed by atoms with Crippen molar-refractivity contribution < 1.29 is 13.2 Å². The summed E-state index contributed by atoms with van der Waals surface area (Å²) in [6, 6.07) is 6.56. The lowest BCUT2D eigenvalue weighted by molar-refractivity contribution is -0.137. The summed E-state index contributed by atoms with van der Waals surface area (Å²) in [6.45, 7) is 6.03. The van der Waals surface area contributed by atoms with Gasteiger partial charge in [-0.3, -0.25) is 0 Å². The Kier molecular flexibility index (Phi) is 6.33.